The molecule has 1 saturated heterocycles. The van der Waals surface area contributed by atoms with Crippen molar-refractivity contribution in [2.24, 2.45) is 17.1 Å². The first-order valence-electron chi connectivity index (χ1n) is 10.8. The predicted octanol–water partition coefficient (Wildman–Crippen LogP) is 2.63. The van der Waals surface area contributed by atoms with Gasteiger partial charge in [0.05, 0.1) is 29.0 Å². The fourth-order valence-electron chi connectivity index (χ4n) is 5.41. The van der Waals surface area contributed by atoms with Crippen LogP contribution in [0.2, 0.25) is 0 Å². The number of anilines is 3. The fraction of sp³-hybridized carbons (Fsp3) is 0.364. The van der Waals surface area contributed by atoms with Crippen LogP contribution in [0, 0.1) is 17.2 Å². The number of ether oxygens (including phenoxy) is 1. The van der Waals surface area contributed by atoms with Crippen molar-refractivity contribution in [2.75, 3.05) is 36.1 Å². The molecule has 2 fully saturated rings. The van der Waals surface area contributed by atoms with Crippen molar-refractivity contribution in [1.82, 2.24) is 24.9 Å². The lowest BCUT2D eigenvalue weighted by atomic mass is 9.60. The van der Waals surface area contributed by atoms with Crippen LogP contribution in [0.4, 0.5) is 21.8 Å². The van der Waals surface area contributed by atoms with Crippen molar-refractivity contribution in [1.29, 1.82) is 0 Å². The molecule has 1 aromatic carbocycles. The molecule has 6 N–H and O–H groups in total. The lowest BCUT2D eigenvalue weighted by Gasteiger charge is -2.46. The van der Waals surface area contributed by atoms with E-state index in [1.165, 1.54) is 24.5 Å². The molecular weight excluding hydrogens is 425 g/mol. The van der Waals surface area contributed by atoms with Crippen molar-refractivity contribution >= 4 is 39.4 Å². The third-order valence-electron chi connectivity index (χ3n) is 6.99. The van der Waals surface area contributed by atoms with Gasteiger partial charge >= 0.3 is 6.01 Å². The minimum atomic E-state index is -0.339. The summed E-state index contributed by atoms with van der Waals surface area (Å²) in [5.74, 6) is 1.24. The molecule has 1 aliphatic carbocycles. The average Bonchev–Trinajstić information content (AvgIpc) is 3.28. The van der Waals surface area contributed by atoms with Crippen LogP contribution in [0.3, 0.4) is 0 Å². The summed E-state index contributed by atoms with van der Waals surface area (Å²) in [4.78, 5) is 22.8. The highest BCUT2D eigenvalue weighted by Crippen LogP contribution is 2.52. The molecule has 1 aliphatic heterocycles. The third-order valence-corrected chi connectivity index (χ3v) is 6.99. The summed E-state index contributed by atoms with van der Waals surface area (Å²) in [6.45, 7) is 3.84. The van der Waals surface area contributed by atoms with Crippen LogP contribution >= 0.6 is 0 Å². The molecule has 0 radical (unpaired) electrons. The van der Waals surface area contributed by atoms with Crippen LogP contribution in [-0.2, 0) is 0 Å². The van der Waals surface area contributed by atoms with Crippen LogP contribution in [0.1, 0.15) is 13.3 Å². The Morgan fingerprint density at radius 1 is 1.27 bits per heavy atom. The van der Waals surface area contributed by atoms with E-state index in [2.05, 4.69) is 37.1 Å². The van der Waals surface area contributed by atoms with Crippen LogP contribution in [-0.4, -0.2) is 51.1 Å². The molecule has 2 aliphatic rings. The number of nitrogen functional groups attached to an aromatic ring is 1. The van der Waals surface area contributed by atoms with E-state index in [0.29, 0.717) is 34.2 Å². The van der Waals surface area contributed by atoms with E-state index in [9.17, 15) is 4.39 Å². The van der Waals surface area contributed by atoms with Crippen molar-refractivity contribution < 1.29 is 9.13 Å². The molecular formula is C22H24FN9O. The molecule has 6 rings (SSSR count). The van der Waals surface area contributed by atoms with Gasteiger partial charge in [-0.25, -0.2) is 14.4 Å². The van der Waals surface area contributed by atoms with E-state index in [4.69, 9.17) is 21.2 Å². The zero-order valence-electron chi connectivity index (χ0n) is 18.3. The minimum Gasteiger partial charge on any atom is -0.421 e. The Balaban J connectivity index is 1.54. The Hall–Kier alpha value is -3.73. The number of aromatic nitrogens is 5. The number of benzene rings is 1. The second kappa shape index (κ2) is 6.88. The SMILES string of the molecule is CNc1cc(F)cc2c1[nH]c1nc(Oc3cnc(N)nc3)nc(N3CC4[C@H](N)CC4(C)C3)c12. The maximum absolute atomic E-state index is 14.5. The maximum atomic E-state index is 14.5. The highest BCUT2D eigenvalue weighted by atomic mass is 19.1. The number of hydrogen-bond acceptors (Lipinski definition) is 9. The molecule has 10 nitrogen and oxygen atoms in total. The zero-order valence-corrected chi connectivity index (χ0v) is 18.3. The molecule has 170 valence electrons. The van der Waals surface area contributed by atoms with Gasteiger partial charge in [0.15, 0.2) is 5.75 Å². The van der Waals surface area contributed by atoms with Gasteiger partial charge in [0.1, 0.15) is 17.3 Å². The van der Waals surface area contributed by atoms with Crippen molar-refractivity contribution in [3.8, 4) is 11.8 Å². The topological polar surface area (TPSA) is 144 Å². The second-order valence-corrected chi connectivity index (χ2v) is 9.19. The normalized spacial score (nSPS) is 24.2. The number of rotatable bonds is 4. The Labute approximate surface area is 188 Å². The first-order chi connectivity index (χ1) is 15.8. The van der Waals surface area contributed by atoms with Gasteiger partial charge in [0, 0.05) is 31.6 Å². The molecule has 3 atom stereocenters. The van der Waals surface area contributed by atoms with Gasteiger partial charge in [-0.1, -0.05) is 6.92 Å². The highest BCUT2D eigenvalue weighted by Gasteiger charge is 2.55. The van der Waals surface area contributed by atoms with Gasteiger partial charge in [-0.2, -0.15) is 9.97 Å². The van der Waals surface area contributed by atoms with Gasteiger partial charge in [-0.15, -0.1) is 0 Å². The summed E-state index contributed by atoms with van der Waals surface area (Å²) in [7, 11) is 1.75. The van der Waals surface area contributed by atoms with Crippen LogP contribution in [0.5, 0.6) is 11.8 Å². The van der Waals surface area contributed by atoms with Crippen LogP contribution in [0.15, 0.2) is 24.5 Å². The third kappa shape index (κ3) is 3.03. The van der Waals surface area contributed by atoms with E-state index in [1.54, 1.807) is 7.05 Å². The molecule has 1 saturated carbocycles. The van der Waals surface area contributed by atoms with E-state index in [1.807, 2.05) is 0 Å². The number of H-pyrrole nitrogens is 1. The molecule has 11 heteroatoms. The molecule has 33 heavy (non-hydrogen) atoms. The van der Waals surface area contributed by atoms with Crippen molar-refractivity contribution in [3.63, 3.8) is 0 Å². The minimum absolute atomic E-state index is 0.135. The van der Waals surface area contributed by atoms with Crippen LogP contribution < -0.4 is 26.4 Å². The van der Waals surface area contributed by atoms with Gasteiger partial charge in [0.2, 0.25) is 5.95 Å². The van der Waals surface area contributed by atoms with E-state index in [-0.39, 0.29) is 29.2 Å². The van der Waals surface area contributed by atoms with E-state index >= 15 is 0 Å². The Morgan fingerprint density at radius 3 is 2.76 bits per heavy atom. The standard InChI is InChI=1S/C22H24FN9O/c1-22-5-14(24)13(22)8-32(9-22)19-16-12-3-10(23)4-15(26-2)17(12)29-18(16)30-21(31-19)33-11-6-27-20(25)28-7-11/h3-4,6-7,13-14,26H,5,8-9,24H2,1-2H3,(H2,25,27,28)(H,29,30,31)/t13?,14-,22?/m1/s1. The van der Waals surface area contributed by atoms with Gasteiger partial charge < -0.3 is 31.4 Å². The lowest BCUT2D eigenvalue weighted by molar-refractivity contribution is 0.0771. The molecule has 4 heterocycles. The molecule has 0 amide bonds. The maximum Gasteiger partial charge on any atom is 0.326 e. The smallest absolute Gasteiger partial charge is 0.326 e. The number of halogens is 1. The summed E-state index contributed by atoms with van der Waals surface area (Å²) < 4.78 is 20.3. The molecule has 3 aromatic heterocycles. The van der Waals surface area contributed by atoms with Crippen LogP contribution in [0.25, 0.3) is 21.9 Å². The zero-order chi connectivity index (χ0) is 22.9. The Morgan fingerprint density at radius 2 is 2.06 bits per heavy atom. The number of nitrogens with zero attached hydrogens (tertiary/aromatic N) is 5. The molecule has 4 aromatic rings. The Bertz CT molecular complexity index is 1390. The molecule has 0 bridgehead atoms. The largest absolute Gasteiger partial charge is 0.421 e. The number of hydrogen-bond donors (Lipinski definition) is 4. The lowest BCUT2D eigenvalue weighted by Crippen LogP contribution is -2.53. The number of nitrogens with one attached hydrogen (secondary N) is 2. The number of fused-ring (bicyclic) bond motifs is 4. The summed E-state index contributed by atoms with van der Waals surface area (Å²) >= 11 is 0. The van der Waals surface area contributed by atoms with Gasteiger partial charge in [-0.3, -0.25) is 0 Å². The summed E-state index contributed by atoms with van der Waals surface area (Å²) in [5.41, 5.74) is 14.0. The monoisotopic (exact) mass is 449 g/mol. The molecule has 2 unspecified atom stereocenters. The summed E-state index contributed by atoms with van der Waals surface area (Å²) in [6.07, 6.45) is 3.90. The van der Waals surface area contributed by atoms with Crippen molar-refractivity contribution in [2.45, 2.75) is 19.4 Å². The van der Waals surface area contributed by atoms with Gasteiger partial charge in [-0.05, 0) is 29.9 Å². The first-order valence-corrected chi connectivity index (χ1v) is 10.8. The summed E-state index contributed by atoms with van der Waals surface area (Å²) in [5, 5.41) is 4.51. The van der Waals surface area contributed by atoms with Crippen molar-refractivity contribution in [3.05, 3.63) is 30.3 Å². The fourth-order valence-corrected chi connectivity index (χ4v) is 5.41. The number of aromatic amines is 1. The summed E-state index contributed by atoms with van der Waals surface area (Å²) in [6, 6.07) is 3.27. The first kappa shape index (κ1) is 19.9. The van der Waals surface area contributed by atoms with E-state index in [0.717, 1.165) is 30.4 Å². The highest BCUT2D eigenvalue weighted by molar-refractivity contribution is 6.14. The quantitative estimate of drug-likeness (QED) is 0.369. The van der Waals surface area contributed by atoms with Gasteiger partial charge in [0.25, 0.3) is 0 Å². The van der Waals surface area contributed by atoms with E-state index < -0.39 is 0 Å². The second-order valence-electron chi connectivity index (χ2n) is 9.19. The average molecular weight is 449 g/mol. The molecule has 0 spiro atoms. The predicted molar refractivity (Wildman–Crippen MR) is 124 cm³/mol. The Kier molecular flexibility index (Phi) is 4.15. The number of nitrogens with two attached hydrogens (primary N) is 2.